The monoisotopic (exact) mass is 292 g/mol. The van der Waals surface area contributed by atoms with Crippen molar-refractivity contribution in [3.63, 3.8) is 0 Å². The van der Waals surface area contributed by atoms with Gasteiger partial charge < -0.3 is 4.74 Å². The van der Waals surface area contributed by atoms with Crippen LogP contribution in [0.5, 0.6) is 5.75 Å². The lowest BCUT2D eigenvalue weighted by molar-refractivity contribution is 0.295. The molecule has 6 heteroatoms. The van der Waals surface area contributed by atoms with Crippen molar-refractivity contribution in [3.05, 3.63) is 60.4 Å². The average molecular weight is 292 g/mol. The summed E-state index contributed by atoms with van der Waals surface area (Å²) < 4.78 is 28.3. The van der Waals surface area contributed by atoms with Crippen LogP contribution in [0.2, 0.25) is 0 Å². The second-order valence-corrected chi connectivity index (χ2v) is 6.10. The number of primary sulfonamides is 1. The van der Waals surface area contributed by atoms with Gasteiger partial charge in [-0.15, -0.1) is 0 Å². The van der Waals surface area contributed by atoms with Crippen LogP contribution in [0.25, 0.3) is 0 Å². The average Bonchev–Trinajstić information content (AvgIpc) is 2.44. The van der Waals surface area contributed by atoms with E-state index in [0.29, 0.717) is 5.75 Å². The molecule has 0 saturated carbocycles. The zero-order valence-corrected chi connectivity index (χ0v) is 11.7. The predicted octanol–water partition coefficient (Wildman–Crippen LogP) is 1.53. The number of ether oxygens (including phenoxy) is 1. The first-order valence-electron chi connectivity index (χ1n) is 6.13. The standard InChI is InChI=1S/C14H16N2O3S/c15-20(17,18)11-13(12-5-2-1-3-6-12)10-19-14-7-4-8-16-9-14/h1-9,13H,10-11H2,(H2,15,17,18). The number of nitrogens with two attached hydrogens (primary N) is 1. The van der Waals surface area contributed by atoms with Gasteiger partial charge in [0.25, 0.3) is 0 Å². The van der Waals surface area contributed by atoms with Crippen LogP contribution in [0.3, 0.4) is 0 Å². The number of benzene rings is 1. The Bertz CT molecular complexity index is 630. The van der Waals surface area contributed by atoms with Crippen molar-refractivity contribution in [2.45, 2.75) is 5.92 Å². The highest BCUT2D eigenvalue weighted by Gasteiger charge is 2.18. The summed E-state index contributed by atoms with van der Waals surface area (Å²) >= 11 is 0. The van der Waals surface area contributed by atoms with E-state index in [1.165, 1.54) is 0 Å². The van der Waals surface area contributed by atoms with E-state index in [4.69, 9.17) is 9.88 Å². The lowest BCUT2D eigenvalue weighted by Crippen LogP contribution is -2.25. The maximum atomic E-state index is 11.3. The normalized spacial score (nSPS) is 12.8. The molecule has 1 heterocycles. The fourth-order valence-electron chi connectivity index (χ4n) is 1.88. The van der Waals surface area contributed by atoms with Crippen molar-refractivity contribution in [1.82, 2.24) is 4.98 Å². The van der Waals surface area contributed by atoms with Crippen molar-refractivity contribution in [3.8, 4) is 5.75 Å². The molecule has 0 aliphatic carbocycles. The molecule has 1 aromatic carbocycles. The summed E-state index contributed by atoms with van der Waals surface area (Å²) in [6, 6.07) is 12.8. The number of rotatable bonds is 6. The fourth-order valence-corrected chi connectivity index (χ4v) is 2.72. The molecule has 0 aliphatic rings. The molecular weight excluding hydrogens is 276 g/mol. The molecule has 0 bridgehead atoms. The largest absolute Gasteiger partial charge is 0.491 e. The summed E-state index contributed by atoms with van der Waals surface area (Å²) in [6.45, 7) is 0.228. The van der Waals surface area contributed by atoms with Gasteiger partial charge in [-0.1, -0.05) is 30.3 Å². The van der Waals surface area contributed by atoms with Gasteiger partial charge >= 0.3 is 0 Å². The minimum atomic E-state index is -3.57. The lowest BCUT2D eigenvalue weighted by Gasteiger charge is -2.17. The molecule has 0 spiro atoms. The summed E-state index contributed by atoms with van der Waals surface area (Å²) in [4.78, 5) is 3.94. The van der Waals surface area contributed by atoms with Crippen LogP contribution >= 0.6 is 0 Å². The van der Waals surface area contributed by atoms with Gasteiger partial charge in [-0.2, -0.15) is 0 Å². The van der Waals surface area contributed by atoms with E-state index >= 15 is 0 Å². The Balaban J connectivity index is 2.11. The van der Waals surface area contributed by atoms with E-state index in [1.54, 1.807) is 24.5 Å². The minimum Gasteiger partial charge on any atom is -0.491 e. The quantitative estimate of drug-likeness (QED) is 0.875. The molecule has 1 atom stereocenters. The zero-order chi connectivity index (χ0) is 14.4. The van der Waals surface area contributed by atoms with E-state index in [0.717, 1.165) is 5.56 Å². The van der Waals surface area contributed by atoms with Crippen LogP contribution < -0.4 is 9.88 Å². The molecule has 1 unspecified atom stereocenters. The smallest absolute Gasteiger partial charge is 0.209 e. The van der Waals surface area contributed by atoms with Crippen molar-refractivity contribution < 1.29 is 13.2 Å². The molecule has 0 amide bonds. The van der Waals surface area contributed by atoms with E-state index in [1.807, 2.05) is 30.3 Å². The Morgan fingerprint density at radius 1 is 1.15 bits per heavy atom. The molecule has 20 heavy (non-hydrogen) atoms. The summed E-state index contributed by atoms with van der Waals surface area (Å²) in [5, 5.41) is 5.15. The minimum absolute atomic E-state index is 0.155. The molecule has 0 saturated heterocycles. The molecular formula is C14H16N2O3S. The molecule has 0 aliphatic heterocycles. The third-order valence-electron chi connectivity index (χ3n) is 2.79. The molecule has 5 nitrogen and oxygen atoms in total. The number of hydrogen-bond acceptors (Lipinski definition) is 4. The van der Waals surface area contributed by atoms with Crippen LogP contribution in [0.15, 0.2) is 54.9 Å². The van der Waals surface area contributed by atoms with Gasteiger partial charge in [0.1, 0.15) is 5.75 Å². The van der Waals surface area contributed by atoms with Crippen LogP contribution in [-0.2, 0) is 10.0 Å². The Hall–Kier alpha value is -1.92. The number of aromatic nitrogens is 1. The van der Waals surface area contributed by atoms with Crippen molar-refractivity contribution in [2.24, 2.45) is 5.14 Å². The Morgan fingerprint density at radius 3 is 2.50 bits per heavy atom. The fraction of sp³-hybridized carbons (Fsp3) is 0.214. The Labute approximate surface area is 118 Å². The number of sulfonamides is 1. The van der Waals surface area contributed by atoms with Gasteiger partial charge in [0.15, 0.2) is 0 Å². The molecule has 106 valence electrons. The lowest BCUT2D eigenvalue weighted by atomic mass is 10.0. The topological polar surface area (TPSA) is 82.3 Å². The first kappa shape index (κ1) is 14.5. The second-order valence-electron chi connectivity index (χ2n) is 4.44. The first-order valence-corrected chi connectivity index (χ1v) is 7.84. The number of hydrogen-bond donors (Lipinski definition) is 1. The molecule has 0 radical (unpaired) electrons. The van der Waals surface area contributed by atoms with Gasteiger partial charge in [0.2, 0.25) is 10.0 Å². The van der Waals surface area contributed by atoms with Crippen LogP contribution in [0.1, 0.15) is 11.5 Å². The zero-order valence-electron chi connectivity index (χ0n) is 10.8. The van der Waals surface area contributed by atoms with Crippen LogP contribution in [0.4, 0.5) is 0 Å². The van der Waals surface area contributed by atoms with Gasteiger partial charge in [-0.05, 0) is 17.7 Å². The maximum Gasteiger partial charge on any atom is 0.209 e. The molecule has 0 fully saturated rings. The van der Waals surface area contributed by atoms with Gasteiger partial charge in [-0.3, -0.25) is 4.98 Å². The van der Waals surface area contributed by atoms with Gasteiger partial charge in [0.05, 0.1) is 18.6 Å². The Morgan fingerprint density at radius 2 is 1.90 bits per heavy atom. The van der Waals surface area contributed by atoms with E-state index < -0.39 is 10.0 Å². The van der Waals surface area contributed by atoms with Gasteiger partial charge in [0, 0.05) is 12.1 Å². The molecule has 2 rings (SSSR count). The maximum absolute atomic E-state index is 11.3. The summed E-state index contributed by atoms with van der Waals surface area (Å²) in [5.74, 6) is 0.131. The Kier molecular flexibility index (Phi) is 4.70. The van der Waals surface area contributed by atoms with Crippen molar-refractivity contribution >= 4 is 10.0 Å². The van der Waals surface area contributed by atoms with E-state index in [-0.39, 0.29) is 18.3 Å². The van der Waals surface area contributed by atoms with Crippen LogP contribution in [0, 0.1) is 0 Å². The van der Waals surface area contributed by atoms with Gasteiger partial charge in [-0.25, -0.2) is 13.6 Å². The summed E-state index contributed by atoms with van der Waals surface area (Å²) in [7, 11) is -3.57. The van der Waals surface area contributed by atoms with Crippen molar-refractivity contribution in [2.75, 3.05) is 12.4 Å². The number of pyridine rings is 1. The number of nitrogens with zero attached hydrogens (tertiary/aromatic N) is 1. The van der Waals surface area contributed by atoms with E-state index in [2.05, 4.69) is 4.98 Å². The third kappa shape index (κ3) is 4.64. The predicted molar refractivity (Wildman–Crippen MR) is 76.9 cm³/mol. The molecule has 1 aromatic heterocycles. The molecule has 2 N–H and O–H groups in total. The molecule has 2 aromatic rings. The van der Waals surface area contributed by atoms with Crippen LogP contribution in [-0.4, -0.2) is 25.8 Å². The highest BCUT2D eigenvalue weighted by molar-refractivity contribution is 7.89. The second kappa shape index (κ2) is 6.49. The van der Waals surface area contributed by atoms with Crippen molar-refractivity contribution in [1.29, 1.82) is 0 Å². The highest BCUT2D eigenvalue weighted by Crippen LogP contribution is 2.19. The SMILES string of the molecule is NS(=O)(=O)CC(COc1cccnc1)c1ccccc1. The first-order chi connectivity index (χ1) is 9.54. The summed E-state index contributed by atoms with van der Waals surface area (Å²) in [6.07, 6.45) is 3.23. The third-order valence-corrected chi connectivity index (χ3v) is 3.66. The van der Waals surface area contributed by atoms with E-state index in [9.17, 15) is 8.42 Å². The summed E-state index contributed by atoms with van der Waals surface area (Å²) in [5.41, 5.74) is 0.880. The highest BCUT2D eigenvalue weighted by atomic mass is 32.2.